The van der Waals surface area contributed by atoms with Gasteiger partial charge in [0.25, 0.3) is 5.56 Å². The number of para-hydroxylation sites is 1. The number of carbonyl (C=O) groups excluding carboxylic acids is 1. The lowest BCUT2D eigenvalue weighted by atomic mass is 10.1. The first-order valence-electron chi connectivity index (χ1n) is 8.80. The number of rotatable bonds is 5. The smallest absolute Gasteiger partial charge is 0.331 e. The van der Waals surface area contributed by atoms with Crippen molar-refractivity contribution < 1.29 is 4.79 Å². The van der Waals surface area contributed by atoms with Gasteiger partial charge in [-0.3, -0.25) is 18.7 Å². The SMILES string of the molecule is CCn1c(=O)c2ccccc2n(CC(=O)NC(C)c2ccc(Cl)c(Cl)c2)c1=O. The summed E-state index contributed by atoms with van der Waals surface area (Å²) >= 11 is 12.0. The first-order valence-corrected chi connectivity index (χ1v) is 9.55. The average molecular weight is 420 g/mol. The number of nitrogens with zero attached hydrogens (tertiary/aromatic N) is 2. The highest BCUT2D eigenvalue weighted by atomic mass is 35.5. The van der Waals surface area contributed by atoms with Gasteiger partial charge in [0, 0.05) is 6.54 Å². The molecule has 0 saturated heterocycles. The highest BCUT2D eigenvalue weighted by Crippen LogP contribution is 2.25. The molecule has 1 amide bonds. The second-order valence-electron chi connectivity index (χ2n) is 6.40. The normalized spacial score (nSPS) is 12.1. The van der Waals surface area contributed by atoms with E-state index in [9.17, 15) is 14.4 Å². The minimum absolute atomic E-state index is 0.203. The third-order valence-corrected chi connectivity index (χ3v) is 5.31. The van der Waals surface area contributed by atoms with Crippen molar-refractivity contribution in [2.24, 2.45) is 0 Å². The number of amides is 1. The molecular weight excluding hydrogens is 401 g/mol. The van der Waals surface area contributed by atoms with E-state index in [0.29, 0.717) is 20.9 Å². The molecule has 0 radical (unpaired) electrons. The molecule has 0 aliphatic carbocycles. The van der Waals surface area contributed by atoms with Gasteiger partial charge in [-0.25, -0.2) is 4.79 Å². The number of nitrogens with one attached hydrogen (secondary N) is 1. The monoisotopic (exact) mass is 419 g/mol. The summed E-state index contributed by atoms with van der Waals surface area (Å²) < 4.78 is 2.44. The summed E-state index contributed by atoms with van der Waals surface area (Å²) in [5.74, 6) is -0.355. The van der Waals surface area contributed by atoms with Crippen LogP contribution in [0.4, 0.5) is 0 Å². The summed E-state index contributed by atoms with van der Waals surface area (Å²) in [5, 5.41) is 4.08. The number of carbonyl (C=O) groups is 1. The van der Waals surface area contributed by atoms with Crippen LogP contribution in [0.25, 0.3) is 10.9 Å². The Morgan fingerprint density at radius 3 is 2.46 bits per heavy atom. The lowest BCUT2D eigenvalue weighted by Gasteiger charge is -2.17. The molecule has 3 rings (SSSR count). The first-order chi connectivity index (χ1) is 13.3. The van der Waals surface area contributed by atoms with Gasteiger partial charge in [0.1, 0.15) is 6.54 Å². The first kappa shape index (κ1) is 20.2. The van der Waals surface area contributed by atoms with Crippen LogP contribution in [0.1, 0.15) is 25.5 Å². The fraction of sp³-hybridized carbons (Fsp3) is 0.250. The van der Waals surface area contributed by atoms with E-state index in [4.69, 9.17) is 23.2 Å². The van der Waals surface area contributed by atoms with E-state index < -0.39 is 5.69 Å². The van der Waals surface area contributed by atoms with Crippen LogP contribution < -0.4 is 16.6 Å². The summed E-state index contributed by atoms with van der Waals surface area (Å²) in [7, 11) is 0. The fourth-order valence-corrected chi connectivity index (χ4v) is 3.40. The minimum Gasteiger partial charge on any atom is -0.348 e. The van der Waals surface area contributed by atoms with Gasteiger partial charge >= 0.3 is 5.69 Å². The minimum atomic E-state index is -0.511. The van der Waals surface area contributed by atoms with E-state index in [1.807, 2.05) is 6.92 Å². The molecule has 28 heavy (non-hydrogen) atoms. The van der Waals surface area contributed by atoms with Gasteiger partial charge in [0.2, 0.25) is 5.91 Å². The lowest BCUT2D eigenvalue weighted by molar-refractivity contribution is -0.122. The van der Waals surface area contributed by atoms with E-state index >= 15 is 0 Å². The van der Waals surface area contributed by atoms with Gasteiger partial charge in [-0.1, -0.05) is 41.4 Å². The number of halogens is 2. The molecule has 2 aromatic carbocycles. The zero-order valence-electron chi connectivity index (χ0n) is 15.4. The van der Waals surface area contributed by atoms with E-state index in [1.54, 1.807) is 49.4 Å². The molecular formula is C20H19Cl2N3O3. The summed E-state index contributed by atoms with van der Waals surface area (Å²) in [6.45, 7) is 3.55. The highest BCUT2D eigenvalue weighted by molar-refractivity contribution is 6.42. The molecule has 0 fully saturated rings. The molecule has 1 aromatic heterocycles. The van der Waals surface area contributed by atoms with Gasteiger partial charge in [0.05, 0.1) is 27.0 Å². The molecule has 8 heteroatoms. The molecule has 6 nitrogen and oxygen atoms in total. The largest absolute Gasteiger partial charge is 0.348 e. The maximum absolute atomic E-state index is 12.7. The number of benzene rings is 2. The van der Waals surface area contributed by atoms with E-state index in [2.05, 4.69) is 5.32 Å². The summed E-state index contributed by atoms with van der Waals surface area (Å²) in [4.78, 5) is 37.8. The van der Waals surface area contributed by atoms with Crippen LogP contribution in [-0.4, -0.2) is 15.0 Å². The standard InChI is InChI=1S/C20H19Cl2N3O3/c1-3-24-19(27)14-6-4-5-7-17(14)25(20(24)28)11-18(26)23-12(2)13-8-9-15(21)16(22)10-13/h4-10,12H,3,11H2,1-2H3,(H,23,26). The molecule has 0 saturated carbocycles. The van der Waals surface area contributed by atoms with E-state index in [1.165, 1.54) is 4.57 Å². The molecule has 1 N–H and O–H groups in total. The second-order valence-corrected chi connectivity index (χ2v) is 7.21. The zero-order chi connectivity index (χ0) is 20.4. The van der Waals surface area contributed by atoms with Crippen LogP contribution in [0.15, 0.2) is 52.1 Å². The van der Waals surface area contributed by atoms with Crippen molar-refractivity contribution in [2.45, 2.75) is 33.0 Å². The van der Waals surface area contributed by atoms with Crippen molar-refractivity contribution in [3.63, 3.8) is 0 Å². The number of hydrogen-bond donors (Lipinski definition) is 1. The molecule has 1 unspecified atom stereocenters. The Morgan fingerprint density at radius 1 is 1.07 bits per heavy atom. The van der Waals surface area contributed by atoms with Crippen LogP contribution >= 0.6 is 23.2 Å². The Kier molecular flexibility index (Phi) is 5.91. The van der Waals surface area contributed by atoms with Gasteiger partial charge < -0.3 is 5.32 Å². The predicted octanol–water partition coefficient (Wildman–Crippen LogP) is 3.37. The van der Waals surface area contributed by atoms with Crippen molar-refractivity contribution in [1.29, 1.82) is 0 Å². The van der Waals surface area contributed by atoms with E-state index in [0.717, 1.165) is 10.1 Å². The zero-order valence-corrected chi connectivity index (χ0v) is 16.9. The molecule has 1 heterocycles. The Hall–Kier alpha value is -2.57. The molecule has 146 valence electrons. The van der Waals surface area contributed by atoms with E-state index in [-0.39, 0.29) is 30.6 Å². The van der Waals surface area contributed by atoms with Crippen LogP contribution in [0.3, 0.4) is 0 Å². The Labute approximate surface area is 171 Å². The highest BCUT2D eigenvalue weighted by Gasteiger charge is 2.16. The Balaban J connectivity index is 1.92. The number of fused-ring (bicyclic) bond motifs is 1. The number of hydrogen-bond acceptors (Lipinski definition) is 3. The van der Waals surface area contributed by atoms with Crippen molar-refractivity contribution in [2.75, 3.05) is 0 Å². The van der Waals surface area contributed by atoms with Gasteiger partial charge in [-0.15, -0.1) is 0 Å². The van der Waals surface area contributed by atoms with Crippen LogP contribution in [0.2, 0.25) is 10.0 Å². The molecule has 0 aliphatic heterocycles. The Bertz CT molecular complexity index is 1170. The molecule has 0 bridgehead atoms. The molecule has 0 spiro atoms. The Morgan fingerprint density at radius 2 is 1.79 bits per heavy atom. The van der Waals surface area contributed by atoms with Gasteiger partial charge in [-0.05, 0) is 43.7 Å². The van der Waals surface area contributed by atoms with Crippen LogP contribution in [0, 0.1) is 0 Å². The summed E-state index contributed by atoms with van der Waals surface area (Å²) in [5.41, 5.74) is 0.352. The third-order valence-electron chi connectivity index (χ3n) is 4.57. The second kappa shape index (κ2) is 8.20. The van der Waals surface area contributed by atoms with Crippen molar-refractivity contribution in [3.8, 4) is 0 Å². The number of aromatic nitrogens is 2. The molecule has 0 aliphatic rings. The predicted molar refractivity (Wildman–Crippen MR) is 111 cm³/mol. The van der Waals surface area contributed by atoms with Crippen molar-refractivity contribution in [1.82, 2.24) is 14.5 Å². The average Bonchev–Trinajstić information content (AvgIpc) is 2.67. The lowest BCUT2D eigenvalue weighted by Crippen LogP contribution is -2.42. The van der Waals surface area contributed by atoms with Crippen LogP contribution in [0.5, 0.6) is 0 Å². The maximum atomic E-state index is 12.7. The van der Waals surface area contributed by atoms with Crippen molar-refractivity contribution >= 4 is 40.0 Å². The fourth-order valence-electron chi connectivity index (χ4n) is 3.10. The van der Waals surface area contributed by atoms with Gasteiger partial charge in [0.15, 0.2) is 0 Å². The maximum Gasteiger partial charge on any atom is 0.331 e. The van der Waals surface area contributed by atoms with Gasteiger partial charge in [-0.2, -0.15) is 0 Å². The molecule has 1 atom stereocenters. The van der Waals surface area contributed by atoms with Crippen LogP contribution in [-0.2, 0) is 17.9 Å². The summed E-state index contributed by atoms with van der Waals surface area (Å²) in [6.07, 6.45) is 0. The third kappa shape index (κ3) is 3.84. The summed E-state index contributed by atoms with van der Waals surface area (Å²) in [6, 6.07) is 11.6. The quantitative estimate of drug-likeness (QED) is 0.688. The topological polar surface area (TPSA) is 73.1 Å². The van der Waals surface area contributed by atoms with Crippen molar-refractivity contribution in [3.05, 3.63) is 78.9 Å². The molecule has 3 aromatic rings.